The number of hydrogen-bond donors (Lipinski definition) is 1. The molecule has 15 heavy (non-hydrogen) atoms. The van der Waals surface area contributed by atoms with Gasteiger partial charge in [0.25, 0.3) is 0 Å². The third-order valence-corrected chi connectivity index (χ3v) is 3.23. The van der Waals surface area contributed by atoms with Crippen LogP contribution in [-0.4, -0.2) is 39.5 Å². The van der Waals surface area contributed by atoms with Gasteiger partial charge in [-0.15, -0.1) is 5.10 Å². The maximum absolute atomic E-state index is 10.8. The largest absolute Gasteiger partial charge is 0.351 e. The summed E-state index contributed by atoms with van der Waals surface area (Å²) in [5, 5.41) is 6.79. The standard InChI is InChI=1S/C8H11ClN4OS/c1-5(14)10-6-2-13(3-6)4-7-8(9)15-12-11-7/h6H,2-4H2,1H3,(H,10,14). The number of aromatic nitrogens is 2. The molecule has 1 aromatic heterocycles. The maximum Gasteiger partial charge on any atom is 0.217 e. The minimum absolute atomic E-state index is 0.0213. The van der Waals surface area contributed by atoms with E-state index in [-0.39, 0.29) is 11.9 Å². The number of carbonyl (C=O) groups excluding carboxylic acids is 1. The van der Waals surface area contributed by atoms with Crippen LogP contribution in [0.3, 0.4) is 0 Å². The second kappa shape index (κ2) is 4.42. The average Bonchev–Trinajstić information content (AvgIpc) is 2.47. The molecular formula is C8H11ClN4OS. The fraction of sp³-hybridized carbons (Fsp3) is 0.625. The molecule has 2 rings (SSSR count). The first-order chi connectivity index (χ1) is 7.15. The van der Waals surface area contributed by atoms with E-state index in [1.54, 1.807) is 0 Å². The second-order valence-corrected chi connectivity index (χ2v) is 4.94. The van der Waals surface area contributed by atoms with Gasteiger partial charge in [0, 0.05) is 38.1 Å². The van der Waals surface area contributed by atoms with Crippen molar-refractivity contribution in [3.63, 3.8) is 0 Å². The summed E-state index contributed by atoms with van der Waals surface area (Å²) in [5.41, 5.74) is 0.822. The highest BCUT2D eigenvalue weighted by molar-refractivity contribution is 7.10. The number of nitrogens with zero attached hydrogens (tertiary/aromatic N) is 3. The molecule has 0 radical (unpaired) electrons. The highest BCUT2D eigenvalue weighted by atomic mass is 35.5. The van der Waals surface area contributed by atoms with Crippen LogP contribution in [0.15, 0.2) is 0 Å². The van der Waals surface area contributed by atoms with E-state index in [0.717, 1.165) is 18.8 Å². The van der Waals surface area contributed by atoms with E-state index in [9.17, 15) is 4.79 Å². The molecule has 1 aliphatic rings. The van der Waals surface area contributed by atoms with Gasteiger partial charge in [0.05, 0.1) is 6.04 Å². The van der Waals surface area contributed by atoms with E-state index in [0.29, 0.717) is 10.9 Å². The van der Waals surface area contributed by atoms with Crippen LogP contribution in [0.25, 0.3) is 0 Å². The Balaban J connectivity index is 1.77. The Labute approximate surface area is 96.6 Å². The number of rotatable bonds is 3. The third kappa shape index (κ3) is 2.64. The summed E-state index contributed by atoms with van der Waals surface area (Å²) in [5.74, 6) is 0.0213. The van der Waals surface area contributed by atoms with Crippen molar-refractivity contribution in [2.24, 2.45) is 0 Å². The molecule has 1 N–H and O–H groups in total. The van der Waals surface area contributed by atoms with Crippen LogP contribution >= 0.6 is 23.1 Å². The summed E-state index contributed by atoms with van der Waals surface area (Å²) in [7, 11) is 0. The first-order valence-electron chi connectivity index (χ1n) is 4.61. The molecule has 0 saturated carbocycles. The molecule has 7 heteroatoms. The molecule has 0 aliphatic carbocycles. The van der Waals surface area contributed by atoms with E-state index in [2.05, 4.69) is 19.8 Å². The van der Waals surface area contributed by atoms with Gasteiger partial charge < -0.3 is 5.32 Å². The fourth-order valence-electron chi connectivity index (χ4n) is 1.58. The predicted octanol–water partition coefficient (Wildman–Crippen LogP) is 0.512. The third-order valence-electron chi connectivity index (χ3n) is 2.25. The van der Waals surface area contributed by atoms with Crippen molar-refractivity contribution in [3.05, 3.63) is 10.0 Å². The topological polar surface area (TPSA) is 58.1 Å². The molecular weight excluding hydrogens is 236 g/mol. The SMILES string of the molecule is CC(=O)NC1CN(Cc2nnsc2Cl)C1. The molecule has 1 fully saturated rings. The number of hydrogen-bond acceptors (Lipinski definition) is 5. The maximum atomic E-state index is 10.8. The van der Waals surface area contributed by atoms with Crippen LogP contribution in [0.2, 0.25) is 4.34 Å². The predicted molar refractivity (Wildman–Crippen MR) is 57.8 cm³/mol. The lowest BCUT2D eigenvalue weighted by Crippen LogP contribution is -2.58. The number of halogens is 1. The summed E-state index contributed by atoms with van der Waals surface area (Å²) >= 11 is 7.08. The molecule has 0 atom stereocenters. The van der Waals surface area contributed by atoms with Crippen LogP contribution in [0.1, 0.15) is 12.6 Å². The Hall–Kier alpha value is -0.720. The Bertz CT molecular complexity index is 363. The van der Waals surface area contributed by atoms with Gasteiger partial charge in [0.2, 0.25) is 5.91 Å². The summed E-state index contributed by atoms with van der Waals surface area (Å²) in [6, 6.07) is 0.271. The first-order valence-corrected chi connectivity index (χ1v) is 5.76. The van der Waals surface area contributed by atoms with E-state index in [1.165, 1.54) is 18.5 Å². The van der Waals surface area contributed by atoms with Crippen molar-refractivity contribution in [3.8, 4) is 0 Å². The summed E-state index contributed by atoms with van der Waals surface area (Å²) in [4.78, 5) is 12.9. The molecule has 2 heterocycles. The zero-order chi connectivity index (χ0) is 10.8. The highest BCUT2D eigenvalue weighted by Gasteiger charge is 2.28. The lowest BCUT2D eigenvalue weighted by atomic mass is 10.1. The minimum Gasteiger partial charge on any atom is -0.351 e. The Morgan fingerprint density at radius 3 is 3.00 bits per heavy atom. The zero-order valence-electron chi connectivity index (χ0n) is 8.23. The number of amides is 1. The smallest absolute Gasteiger partial charge is 0.217 e. The van der Waals surface area contributed by atoms with Crippen LogP contribution in [0.5, 0.6) is 0 Å². The monoisotopic (exact) mass is 246 g/mol. The first kappa shape index (κ1) is 10.8. The molecule has 0 unspecified atom stereocenters. The van der Waals surface area contributed by atoms with Crippen LogP contribution in [0.4, 0.5) is 0 Å². The molecule has 0 bridgehead atoms. The molecule has 1 aliphatic heterocycles. The summed E-state index contributed by atoms with van der Waals surface area (Å²) < 4.78 is 4.41. The molecule has 0 aromatic carbocycles. The second-order valence-electron chi connectivity index (χ2n) is 3.58. The van der Waals surface area contributed by atoms with Crippen molar-refractivity contribution in [2.45, 2.75) is 19.5 Å². The van der Waals surface area contributed by atoms with Gasteiger partial charge in [0.15, 0.2) is 0 Å². The zero-order valence-corrected chi connectivity index (χ0v) is 9.81. The molecule has 0 spiro atoms. The molecule has 1 amide bonds. The van der Waals surface area contributed by atoms with Crippen LogP contribution in [0, 0.1) is 0 Å². The van der Waals surface area contributed by atoms with Crippen LogP contribution < -0.4 is 5.32 Å². The van der Waals surface area contributed by atoms with Gasteiger partial charge in [-0.25, -0.2) is 0 Å². The van der Waals surface area contributed by atoms with E-state index in [1.807, 2.05) is 0 Å². The van der Waals surface area contributed by atoms with E-state index >= 15 is 0 Å². The number of carbonyl (C=O) groups is 1. The van der Waals surface area contributed by atoms with Crippen LogP contribution in [-0.2, 0) is 11.3 Å². The molecule has 5 nitrogen and oxygen atoms in total. The van der Waals surface area contributed by atoms with Crippen molar-refractivity contribution in [1.29, 1.82) is 0 Å². The van der Waals surface area contributed by atoms with E-state index < -0.39 is 0 Å². The quantitative estimate of drug-likeness (QED) is 0.845. The van der Waals surface area contributed by atoms with E-state index in [4.69, 9.17) is 11.6 Å². The van der Waals surface area contributed by atoms with Gasteiger partial charge in [0.1, 0.15) is 10.0 Å². The van der Waals surface area contributed by atoms with Gasteiger partial charge >= 0.3 is 0 Å². The van der Waals surface area contributed by atoms with Crippen molar-refractivity contribution in [1.82, 2.24) is 19.8 Å². The lowest BCUT2D eigenvalue weighted by Gasteiger charge is -2.38. The minimum atomic E-state index is 0.0213. The van der Waals surface area contributed by atoms with Crippen molar-refractivity contribution < 1.29 is 4.79 Å². The average molecular weight is 247 g/mol. The highest BCUT2D eigenvalue weighted by Crippen LogP contribution is 2.21. The van der Waals surface area contributed by atoms with Gasteiger partial charge in [-0.3, -0.25) is 9.69 Å². The molecule has 82 valence electrons. The summed E-state index contributed by atoms with van der Waals surface area (Å²) in [6.07, 6.45) is 0. The normalized spacial score (nSPS) is 17.5. The van der Waals surface area contributed by atoms with Gasteiger partial charge in [-0.05, 0) is 0 Å². The fourth-order valence-corrected chi connectivity index (χ4v) is 2.19. The van der Waals surface area contributed by atoms with Gasteiger partial charge in [-0.2, -0.15) is 0 Å². The molecule has 1 aromatic rings. The Morgan fingerprint density at radius 1 is 1.73 bits per heavy atom. The Kier molecular flexibility index (Phi) is 3.18. The number of nitrogens with one attached hydrogen (secondary N) is 1. The van der Waals surface area contributed by atoms with Crippen molar-refractivity contribution in [2.75, 3.05) is 13.1 Å². The number of likely N-dealkylation sites (tertiary alicyclic amines) is 1. The summed E-state index contributed by atoms with van der Waals surface area (Å²) in [6.45, 7) is 3.95. The van der Waals surface area contributed by atoms with Gasteiger partial charge in [-0.1, -0.05) is 16.1 Å². The molecule has 1 saturated heterocycles. The Morgan fingerprint density at radius 2 is 2.47 bits per heavy atom. The lowest BCUT2D eigenvalue weighted by molar-refractivity contribution is -0.120. The van der Waals surface area contributed by atoms with Crippen molar-refractivity contribution >= 4 is 29.0 Å².